The van der Waals surface area contributed by atoms with E-state index in [2.05, 4.69) is 24.5 Å². The Hall–Kier alpha value is -2.24. The highest BCUT2D eigenvalue weighted by Crippen LogP contribution is 2.35. The van der Waals surface area contributed by atoms with Gasteiger partial charge in [-0.25, -0.2) is 0 Å². The van der Waals surface area contributed by atoms with E-state index in [1.54, 1.807) is 18.2 Å². The number of methoxy groups -OCH3 is 1. The fraction of sp³-hybridized carbons (Fsp3) is 0.619. The van der Waals surface area contributed by atoms with E-state index in [1.807, 2.05) is 0 Å². The minimum Gasteiger partial charge on any atom is -0.491 e. The molecule has 1 aromatic carbocycles. The molecule has 1 rings (SSSR count). The number of hydrogen-bond donors (Lipinski definition) is 2. The van der Waals surface area contributed by atoms with Gasteiger partial charge in [-0.3, -0.25) is 9.59 Å². The van der Waals surface area contributed by atoms with E-state index in [9.17, 15) is 9.59 Å². The molecule has 6 heteroatoms. The molecule has 0 aliphatic heterocycles. The Bertz CT molecular complexity index is 575. The van der Waals surface area contributed by atoms with Crippen LogP contribution in [-0.4, -0.2) is 32.1 Å². The molecule has 0 bridgehead atoms. The Balaban J connectivity index is 2.55. The van der Waals surface area contributed by atoms with E-state index in [1.165, 1.54) is 20.0 Å². The molecule has 0 fully saturated rings. The first-order chi connectivity index (χ1) is 13.1. The number of anilines is 1. The Morgan fingerprint density at radius 1 is 0.963 bits per heavy atom. The second-order valence-corrected chi connectivity index (χ2v) is 6.54. The molecule has 152 valence electrons. The molecule has 2 N–H and O–H groups in total. The van der Waals surface area contributed by atoms with Crippen molar-refractivity contribution in [1.82, 2.24) is 5.32 Å². The predicted octanol–water partition coefficient (Wildman–Crippen LogP) is 4.29. The van der Waals surface area contributed by atoms with E-state index in [4.69, 9.17) is 9.47 Å². The summed E-state index contributed by atoms with van der Waals surface area (Å²) in [4.78, 5) is 24.0. The number of rotatable bonds is 14. The third-order valence-electron chi connectivity index (χ3n) is 4.18. The topological polar surface area (TPSA) is 76.7 Å². The van der Waals surface area contributed by atoms with Gasteiger partial charge in [-0.15, -0.1) is 0 Å². The SMILES string of the molecule is CCCCCCCC(=O)Nc1cccc(OCC(=O)NCCCC)c1OC. The van der Waals surface area contributed by atoms with Crippen LogP contribution < -0.4 is 20.1 Å². The van der Waals surface area contributed by atoms with Crippen LogP contribution in [0.3, 0.4) is 0 Å². The van der Waals surface area contributed by atoms with E-state index in [0.29, 0.717) is 30.2 Å². The molecule has 2 amide bonds. The monoisotopic (exact) mass is 378 g/mol. The summed E-state index contributed by atoms with van der Waals surface area (Å²) in [6.07, 6.45) is 7.95. The number of para-hydroxylation sites is 1. The Morgan fingerprint density at radius 2 is 1.70 bits per heavy atom. The lowest BCUT2D eigenvalue weighted by Gasteiger charge is -2.15. The van der Waals surface area contributed by atoms with Crippen molar-refractivity contribution < 1.29 is 19.1 Å². The van der Waals surface area contributed by atoms with Crippen molar-refractivity contribution in [3.63, 3.8) is 0 Å². The summed E-state index contributed by atoms with van der Waals surface area (Å²) in [5.74, 6) is 0.647. The lowest BCUT2D eigenvalue weighted by molar-refractivity contribution is -0.123. The molecule has 0 radical (unpaired) electrons. The van der Waals surface area contributed by atoms with Gasteiger partial charge in [0, 0.05) is 13.0 Å². The maximum atomic E-state index is 12.2. The van der Waals surface area contributed by atoms with E-state index >= 15 is 0 Å². The quantitative estimate of drug-likeness (QED) is 0.474. The molecule has 0 atom stereocenters. The van der Waals surface area contributed by atoms with Gasteiger partial charge in [-0.1, -0.05) is 52.0 Å². The van der Waals surface area contributed by atoms with Crippen LogP contribution in [-0.2, 0) is 9.59 Å². The molecule has 0 unspecified atom stereocenters. The van der Waals surface area contributed by atoms with Crippen molar-refractivity contribution in [2.75, 3.05) is 25.6 Å². The average Bonchev–Trinajstić information content (AvgIpc) is 2.66. The van der Waals surface area contributed by atoms with Crippen LogP contribution in [0.4, 0.5) is 5.69 Å². The lowest BCUT2D eigenvalue weighted by atomic mass is 10.1. The van der Waals surface area contributed by atoms with Gasteiger partial charge < -0.3 is 20.1 Å². The first-order valence-corrected chi connectivity index (χ1v) is 9.98. The van der Waals surface area contributed by atoms with Crippen molar-refractivity contribution in [2.45, 2.75) is 65.2 Å². The first kappa shape index (κ1) is 22.8. The van der Waals surface area contributed by atoms with Gasteiger partial charge in [0.1, 0.15) is 0 Å². The summed E-state index contributed by atoms with van der Waals surface area (Å²) in [6, 6.07) is 5.25. The van der Waals surface area contributed by atoms with Crippen molar-refractivity contribution in [3.8, 4) is 11.5 Å². The number of ether oxygens (including phenoxy) is 2. The van der Waals surface area contributed by atoms with Crippen molar-refractivity contribution in [1.29, 1.82) is 0 Å². The maximum absolute atomic E-state index is 12.2. The lowest BCUT2D eigenvalue weighted by Crippen LogP contribution is -2.29. The van der Waals surface area contributed by atoms with Gasteiger partial charge in [0.05, 0.1) is 12.8 Å². The summed E-state index contributed by atoms with van der Waals surface area (Å²) in [5, 5.41) is 5.68. The second-order valence-electron chi connectivity index (χ2n) is 6.54. The van der Waals surface area contributed by atoms with Crippen LogP contribution in [0.25, 0.3) is 0 Å². The normalized spacial score (nSPS) is 10.3. The molecule has 0 spiro atoms. The van der Waals surface area contributed by atoms with Crippen LogP contribution >= 0.6 is 0 Å². The number of carbonyl (C=O) groups excluding carboxylic acids is 2. The predicted molar refractivity (Wildman–Crippen MR) is 108 cm³/mol. The van der Waals surface area contributed by atoms with Gasteiger partial charge in [0.2, 0.25) is 5.91 Å². The molecule has 6 nitrogen and oxygen atoms in total. The highest BCUT2D eigenvalue weighted by atomic mass is 16.5. The molecule has 0 aromatic heterocycles. The summed E-state index contributed by atoms with van der Waals surface area (Å²) in [5.41, 5.74) is 0.556. The van der Waals surface area contributed by atoms with Crippen LogP contribution in [0.2, 0.25) is 0 Å². The van der Waals surface area contributed by atoms with E-state index in [0.717, 1.165) is 32.1 Å². The maximum Gasteiger partial charge on any atom is 0.257 e. The molecule has 1 aromatic rings. The summed E-state index contributed by atoms with van der Waals surface area (Å²) in [7, 11) is 1.52. The fourth-order valence-electron chi connectivity index (χ4n) is 2.64. The Morgan fingerprint density at radius 3 is 2.41 bits per heavy atom. The standard InChI is InChI=1S/C21H34N2O4/c1-4-6-8-9-10-14-19(24)23-17-12-11-13-18(21(17)26-3)27-16-20(25)22-15-7-5-2/h11-13H,4-10,14-16H2,1-3H3,(H,22,25)(H,23,24). The van der Waals surface area contributed by atoms with Gasteiger partial charge in [0.15, 0.2) is 18.1 Å². The zero-order chi connectivity index (χ0) is 19.9. The zero-order valence-electron chi connectivity index (χ0n) is 16.9. The average molecular weight is 379 g/mol. The third-order valence-corrected chi connectivity index (χ3v) is 4.18. The Kier molecular flexibility index (Phi) is 11.7. The molecule has 0 saturated heterocycles. The third kappa shape index (κ3) is 9.31. The smallest absolute Gasteiger partial charge is 0.257 e. The number of benzene rings is 1. The second kappa shape index (κ2) is 13.9. The van der Waals surface area contributed by atoms with Crippen molar-refractivity contribution >= 4 is 17.5 Å². The molecule has 0 saturated carbocycles. The van der Waals surface area contributed by atoms with Crippen LogP contribution in [0.1, 0.15) is 65.2 Å². The number of carbonyl (C=O) groups is 2. The molecular weight excluding hydrogens is 344 g/mol. The van der Waals surface area contributed by atoms with Crippen LogP contribution in [0.15, 0.2) is 18.2 Å². The number of hydrogen-bond acceptors (Lipinski definition) is 4. The highest BCUT2D eigenvalue weighted by Gasteiger charge is 2.14. The molecule has 27 heavy (non-hydrogen) atoms. The van der Waals surface area contributed by atoms with Crippen LogP contribution in [0, 0.1) is 0 Å². The number of nitrogens with one attached hydrogen (secondary N) is 2. The molecular formula is C21H34N2O4. The van der Waals surface area contributed by atoms with Gasteiger partial charge in [-0.05, 0) is 25.0 Å². The first-order valence-electron chi connectivity index (χ1n) is 9.98. The van der Waals surface area contributed by atoms with E-state index < -0.39 is 0 Å². The van der Waals surface area contributed by atoms with Crippen molar-refractivity contribution in [2.24, 2.45) is 0 Å². The zero-order valence-corrected chi connectivity index (χ0v) is 16.9. The summed E-state index contributed by atoms with van der Waals surface area (Å²) < 4.78 is 11.0. The summed E-state index contributed by atoms with van der Waals surface area (Å²) in [6.45, 7) is 4.79. The Labute approximate surface area is 163 Å². The van der Waals surface area contributed by atoms with Crippen LogP contribution in [0.5, 0.6) is 11.5 Å². The fourth-order valence-corrected chi connectivity index (χ4v) is 2.64. The molecule has 0 aliphatic carbocycles. The van der Waals surface area contributed by atoms with Gasteiger partial charge in [0.25, 0.3) is 5.91 Å². The molecule has 0 aliphatic rings. The summed E-state index contributed by atoms with van der Waals surface area (Å²) >= 11 is 0. The van der Waals surface area contributed by atoms with Crippen molar-refractivity contribution in [3.05, 3.63) is 18.2 Å². The van der Waals surface area contributed by atoms with E-state index in [-0.39, 0.29) is 18.4 Å². The number of amides is 2. The minimum atomic E-state index is -0.174. The highest BCUT2D eigenvalue weighted by molar-refractivity contribution is 5.92. The molecule has 0 heterocycles. The largest absolute Gasteiger partial charge is 0.491 e. The van der Waals surface area contributed by atoms with Gasteiger partial charge in [-0.2, -0.15) is 0 Å². The number of unbranched alkanes of at least 4 members (excludes halogenated alkanes) is 5. The van der Waals surface area contributed by atoms with Gasteiger partial charge >= 0.3 is 0 Å². The minimum absolute atomic E-state index is 0.0424.